The summed E-state index contributed by atoms with van der Waals surface area (Å²) < 4.78 is 13.0. The molecule has 1 aliphatic rings. The van der Waals surface area contributed by atoms with Gasteiger partial charge in [-0.05, 0) is 225 Å². The van der Waals surface area contributed by atoms with Crippen molar-refractivity contribution in [1.29, 1.82) is 0 Å². The Balaban J connectivity index is 0.000000229. The maximum absolute atomic E-state index is 10.6. The average Bonchev–Trinajstić information content (AvgIpc) is 1.58. The van der Waals surface area contributed by atoms with Crippen molar-refractivity contribution in [3.63, 3.8) is 0 Å². The largest absolute Gasteiger partial charge is 0.286 e. The van der Waals surface area contributed by atoms with Gasteiger partial charge in [-0.1, -0.05) is 226 Å². The van der Waals surface area contributed by atoms with Gasteiger partial charge in [-0.25, -0.2) is 19.3 Å². The maximum atomic E-state index is 10.6. The van der Waals surface area contributed by atoms with Crippen LogP contribution in [0.25, 0.3) is 128 Å². The Hall–Kier alpha value is -13.2. The van der Waals surface area contributed by atoms with E-state index in [9.17, 15) is 18.8 Å². The van der Waals surface area contributed by atoms with Gasteiger partial charge < -0.3 is 24.8 Å². The van der Waals surface area contributed by atoms with E-state index in [1.807, 2.05) is 127 Å². The van der Waals surface area contributed by atoms with Gasteiger partial charge in [-0.3, -0.25) is 29.3 Å². The standard InChI is InChI=1S/C51H38N2.2C18H15N2.C16H11N2.3C5H8O2.CH3BFP.Bi.3Ir.2H/c1-51(2)47-19-11-9-17-43(47)44-31-30-42(34-48(44)51)52(40-26-21-36(22-27-40)35-13-5-3-6-14-35)41-28-23-37(24-29-41)38-25-32-50-46(33-38)45-18-10-12-20-49(45)53(50)39-15-7-4-8-16-39;1-13-7-6-8-14(2)18(13)17-11-16(19-12-20-17)15-9-4-3-5-10-15;1-13-8-6-7-11-16(13)18-14(2)17(19-12-20-18)15-9-4-3-5-10-15;1-3-7-13(8-4-1)15-11-16(18-12-17-15)14-9-5-2-6-10-14;3*1-4(6)3-5(2)7;2-4-1-3;;;;;;/h3-34H,1-2H3;2*3-9,11-12H,1-2H3;1-9,11-12H;3*3,6H,1-2H3;4H,1H2;;;;;;/q;3*-1;;;;;;;;;;. The number of para-hydroxylation sites is 2. The molecule has 21 heteroatoms. The summed E-state index contributed by atoms with van der Waals surface area (Å²) in [4.78, 5) is 58.7. The summed E-state index contributed by atoms with van der Waals surface area (Å²) in [6.07, 6.45) is 7.97. The number of ketones is 3. The molecule has 14 aromatic carbocycles. The van der Waals surface area contributed by atoms with Gasteiger partial charge in [0.25, 0.3) is 0 Å². The normalized spacial score (nSPS) is 11.2. The second kappa shape index (κ2) is 55.6. The molecule has 3 N–H and O–H groups in total. The number of aromatic nitrogens is 7. The molecule has 0 spiro atoms. The molecule has 1 atom stereocenters. The Morgan fingerprint density at radius 2 is 0.771 bits per heavy atom. The van der Waals surface area contributed by atoms with E-state index >= 15 is 0 Å². The molecule has 1 aliphatic carbocycles. The molecule has 19 rings (SSSR count). The van der Waals surface area contributed by atoms with Crippen molar-refractivity contribution in [2.75, 3.05) is 11.3 Å². The number of benzene rings is 14. The number of aryl methyl sites for hydroxylation is 3. The number of halogens is 1. The van der Waals surface area contributed by atoms with Gasteiger partial charge in [0.05, 0.1) is 51.8 Å². The summed E-state index contributed by atoms with van der Waals surface area (Å²) in [6.45, 7) is 21.6. The van der Waals surface area contributed by atoms with E-state index in [2.05, 4.69) is 331 Å². The Kier molecular flexibility index (Phi) is 44.5. The summed E-state index contributed by atoms with van der Waals surface area (Å²) >= 11 is 0. The van der Waals surface area contributed by atoms with Crippen LogP contribution >= 0.6 is 8.46 Å². The van der Waals surface area contributed by atoms with E-state index in [0.717, 1.165) is 84.6 Å². The van der Waals surface area contributed by atoms with E-state index in [-0.39, 0.29) is 141 Å². The number of fused-ring (bicyclic) bond motifs is 6. The fourth-order valence-corrected chi connectivity index (χ4v) is 16.0. The topological polar surface area (TPSA) is 197 Å². The molecule has 18 aromatic rings. The van der Waals surface area contributed by atoms with Crippen LogP contribution in [0.5, 0.6) is 0 Å². The summed E-state index contributed by atoms with van der Waals surface area (Å²) in [6, 6.07) is 133. The van der Waals surface area contributed by atoms with Crippen molar-refractivity contribution in [3.05, 3.63) is 458 Å². The Bertz CT molecular complexity index is 7040. The van der Waals surface area contributed by atoms with Crippen LogP contribution in [0.15, 0.2) is 406 Å². The number of allylic oxidation sites excluding steroid dienone is 6. The van der Waals surface area contributed by atoms with Crippen molar-refractivity contribution >= 4 is 98.4 Å². The van der Waals surface area contributed by atoms with Crippen LogP contribution in [-0.2, 0) is 80.1 Å². The van der Waals surface area contributed by atoms with E-state index in [1.165, 1.54) is 154 Å². The predicted octanol–water partition coefficient (Wildman–Crippen LogP) is 28.8. The monoisotopic (exact) mass is 2590 g/mol. The Labute approximate surface area is 883 Å². The molecule has 0 saturated heterocycles. The summed E-state index contributed by atoms with van der Waals surface area (Å²) in [5.74, 6) is -0.187. The SMILES string of the molecule is CC(=O)C=C(C)O.CC(=O)C=C(C)O.CC(=O)C=C(C)O.CC1(C)c2ccccc2-c2ccc(N(c3ccc(-c4ccccc4)cc3)c3ccc(-c4ccc5c(c4)c4ccccc4n5-c4ccccc4)cc3)cc21.Cc1cccc(C)c1-c1cc(-c2[c-]cccc2)ncn1.Cc1ccccc1-c1ncnc(-c2[c-]cccc2)c1C.[B]PCF.[BiH2].[Ir].[Ir].[Ir].[c-]1ccccc1-c1cc(-c2ccccc2)ncn1. The molecule has 710 valence electrons. The first kappa shape index (κ1) is 112. The van der Waals surface area contributed by atoms with Gasteiger partial charge in [-0.2, -0.15) is 0 Å². The molecule has 0 saturated carbocycles. The number of hydrogen-bond donors (Lipinski definition) is 3. The molecule has 140 heavy (non-hydrogen) atoms. The minimum atomic E-state index is -0.375. The van der Waals surface area contributed by atoms with Crippen LogP contribution < -0.4 is 4.90 Å². The summed E-state index contributed by atoms with van der Waals surface area (Å²) in [5.41, 5.74) is 34.0. The zero-order valence-corrected chi connectivity index (χ0v) is 92.5. The molecule has 4 heterocycles. The number of nitrogens with zero attached hydrogens (tertiary/aromatic N) is 8. The van der Waals surface area contributed by atoms with Crippen molar-refractivity contribution in [1.82, 2.24) is 34.5 Å². The van der Waals surface area contributed by atoms with Crippen LogP contribution in [0.2, 0.25) is 0 Å². The number of aliphatic hydroxyl groups is 3. The first-order valence-corrected chi connectivity index (χ1v) is 45.7. The second-order valence-corrected chi connectivity index (χ2v) is 33.4. The molecule has 6 radical (unpaired) electrons. The van der Waals surface area contributed by atoms with Gasteiger partial charge >= 0.3 is 26.2 Å². The third-order valence-corrected chi connectivity index (χ3v) is 22.2. The third-order valence-electron chi connectivity index (χ3n) is 22.1. The minimum absolute atomic E-state index is 0. The number of aliphatic hydroxyl groups excluding tert-OH is 3. The van der Waals surface area contributed by atoms with Crippen molar-refractivity contribution in [3.8, 4) is 107 Å². The first-order chi connectivity index (χ1) is 65.8. The summed E-state index contributed by atoms with van der Waals surface area (Å²) in [5, 5.41) is 27.6. The second-order valence-electron chi connectivity index (χ2n) is 32.7. The zero-order valence-electron chi connectivity index (χ0n) is 79.8. The van der Waals surface area contributed by atoms with Gasteiger partial charge in [0.2, 0.25) is 0 Å². The molecule has 0 aliphatic heterocycles. The molecule has 1 unspecified atom stereocenters. The van der Waals surface area contributed by atoms with E-state index in [4.69, 9.17) is 15.3 Å². The number of carbonyl (C=O) groups excluding carboxylic acids is 3. The van der Waals surface area contributed by atoms with E-state index in [0.29, 0.717) is 0 Å². The number of hydrogen-bond acceptors (Lipinski definition) is 13. The molecule has 0 bridgehead atoms. The van der Waals surface area contributed by atoms with Crippen LogP contribution in [0, 0.1) is 45.9 Å². The van der Waals surface area contributed by atoms with Gasteiger partial charge in [0.1, 0.15) is 26.5 Å². The zero-order chi connectivity index (χ0) is 96.6. The first-order valence-electron chi connectivity index (χ1n) is 44.4. The van der Waals surface area contributed by atoms with Crippen molar-refractivity contribution in [2.45, 2.75) is 88.5 Å². The smallest absolute Gasteiger partial charge is 0.106 e. The number of anilines is 3. The number of alkyl halides is 1. The van der Waals surface area contributed by atoms with Crippen molar-refractivity contribution in [2.24, 2.45) is 0 Å². The predicted molar refractivity (Wildman–Crippen MR) is 568 cm³/mol. The number of rotatable bonds is 16. The Morgan fingerprint density at radius 3 is 1.27 bits per heavy atom. The molecular formula is C119H108BBiFIr3N8O6P-3. The molecular weight excluding hydrogens is 2480 g/mol. The average molecular weight is 2590 g/mol. The van der Waals surface area contributed by atoms with Gasteiger partial charge in [0.15, 0.2) is 17.3 Å². The fourth-order valence-electron chi connectivity index (χ4n) is 16.0. The number of carbonyl (C=O) groups is 3. The molecule has 0 fully saturated rings. The molecule has 0 amide bonds. The van der Waals surface area contributed by atoms with Crippen LogP contribution in [-0.4, -0.2) is 107 Å². The molecule has 14 nitrogen and oxygen atoms in total. The fraction of sp³-hybridized carbons (Fsp3) is 0.118. The van der Waals surface area contributed by atoms with Crippen LogP contribution in [0.1, 0.15) is 88.8 Å². The van der Waals surface area contributed by atoms with Gasteiger partial charge in [-0.15, -0.1) is 116 Å². The van der Waals surface area contributed by atoms with E-state index in [1.54, 1.807) is 19.0 Å². The van der Waals surface area contributed by atoms with Crippen LogP contribution in [0.4, 0.5) is 21.5 Å². The van der Waals surface area contributed by atoms with E-state index < -0.39 is 0 Å². The minimum Gasteiger partial charge on any atom is -0.286 e. The molecule has 4 aromatic heterocycles. The quantitative estimate of drug-likeness (QED) is 0.0272. The maximum Gasteiger partial charge on any atom is 0.106 e. The van der Waals surface area contributed by atoms with Crippen LogP contribution in [0.3, 0.4) is 0 Å². The third kappa shape index (κ3) is 30.4. The van der Waals surface area contributed by atoms with Gasteiger partial charge in [0, 0.05) is 129 Å². The van der Waals surface area contributed by atoms with Crippen molar-refractivity contribution < 1.29 is 94.4 Å². The Morgan fingerprint density at radius 1 is 0.379 bits per heavy atom. The summed E-state index contributed by atoms with van der Waals surface area (Å²) in [7, 11) is 4.65.